The third-order valence-corrected chi connectivity index (χ3v) is 1.99. The summed E-state index contributed by atoms with van der Waals surface area (Å²) in [7, 11) is 0. The van der Waals surface area contributed by atoms with Crippen LogP contribution >= 0.6 is 0 Å². The van der Waals surface area contributed by atoms with Gasteiger partial charge in [-0.15, -0.1) is 0 Å². The molecular weight excluding hydrogens is 138 g/mol. The zero-order valence-corrected chi connectivity index (χ0v) is 6.30. The number of nitrogens with zero attached hydrogens (tertiary/aromatic N) is 1. The van der Waals surface area contributed by atoms with Crippen LogP contribution in [0.2, 0.25) is 0 Å². The molecule has 1 aliphatic heterocycles. The first-order chi connectivity index (χ1) is 5.38. The highest BCUT2D eigenvalue weighted by Crippen LogP contribution is 2.23. The van der Waals surface area contributed by atoms with E-state index in [0.717, 1.165) is 30.9 Å². The van der Waals surface area contributed by atoms with Gasteiger partial charge in [-0.25, -0.2) is 4.98 Å². The van der Waals surface area contributed by atoms with Gasteiger partial charge in [-0.2, -0.15) is 0 Å². The summed E-state index contributed by atoms with van der Waals surface area (Å²) in [5.74, 6) is 0.969. The minimum Gasteiger partial charge on any atom is -0.398 e. The lowest BCUT2D eigenvalue weighted by Gasteiger charge is -2.17. The van der Waals surface area contributed by atoms with Crippen molar-refractivity contribution in [3.8, 4) is 0 Å². The number of nitrogens with two attached hydrogens (primary N) is 1. The first-order valence-electron chi connectivity index (χ1n) is 3.85. The fraction of sp³-hybridized carbons (Fsp3) is 0.375. The van der Waals surface area contributed by atoms with E-state index in [1.54, 1.807) is 6.20 Å². The molecule has 2 heterocycles. The molecule has 0 atom stereocenters. The first kappa shape index (κ1) is 6.46. The Bertz CT molecular complexity index is 270. The molecule has 3 heteroatoms. The topological polar surface area (TPSA) is 50.9 Å². The number of aromatic nitrogens is 1. The van der Waals surface area contributed by atoms with Crippen LogP contribution < -0.4 is 11.1 Å². The number of hydrogen-bond donors (Lipinski definition) is 2. The van der Waals surface area contributed by atoms with Gasteiger partial charge in [0, 0.05) is 24.0 Å². The number of rotatable bonds is 0. The largest absolute Gasteiger partial charge is 0.398 e. The van der Waals surface area contributed by atoms with Crippen molar-refractivity contribution < 1.29 is 0 Å². The molecular formula is C8H11N3. The van der Waals surface area contributed by atoms with E-state index in [4.69, 9.17) is 5.73 Å². The van der Waals surface area contributed by atoms with Crippen molar-refractivity contribution in [1.82, 2.24) is 4.98 Å². The monoisotopic (exact) mass is 149 g/mol. The number of hydrogen-bond acceptors (Lipinski definition) is 3. The maximum atomic E-state index is 5.76. The second-order valence-electron chi connectivity index (χ2n) is 2.76. The minimum atomic E-state index is 0.863. The molecule has 0 bridgehead atoms. The molecule has 0 saturated heterocycles. The lowest BCUT2D eigenvalue weighted by molar-refractivity contribution is 0.820. The Balaban J connectivity index is 2.49. The average Bonchev–Trinajstić information content (AvgIpc) is 2.06. The Morgan fingerprint density at radius 2 is 2.45 bits per heavy atom. The number of fused-ring (bicyclic) bond motifs is 1. The molecule has 0 spiro atoms. The van der Waals surface area contributed by atoms with Crippen LogP contribution in [-0.2, 0) is 6.42 Å². The van der Waals surface area contributed by atoms with Gasteiger partial charge in [0.2, 0.25) is 0 Å². The molecule has 0 aliphatic carbocycles. The fourth-order valence-corrected chi connectivity index (χ4v) is 1.39. The molecule has 3 nitrogen and oxygen atoms in total. The Morgan fingerprint density at radius 3 is 3.27 bits per heavy atom. The van der Waals surface area contributed by atoms with Gasteiger partial charge in [-0.05, 0) is 18.9 Å². The second-order valence-corrected chi connectivity index (χ2v) is 2.76. The van der Waals surface area contributed by atoms with E-state index in [2.05, 4.69) is 10.3 Å². The second kappa shape index (κ2) is 2.42. The predicted octanol–water partition coefficient (Wildman–Crippen LogP) is 1.02. The molecule has 3 N–H and O–H groups in total. The van der Waals surface area contributed by atoms with Gasteiger partial charge in [-0.3, -0.25) is 0 Å². The normalized spacial score (nSPS) is 15.3. The van der Waals surface area contributed by atoms with Gasteiger partial charge in [-0.1, -0.05) is 0 Å². The quantitative estimate of drug-likeness (QED) is 0.579. The Hall–Kier alpha value is -1.25. The summed E-state index contributed by atoms with van der Waals surface area (Å²) in [5.41, 5.74) is 7.80. The summed E-state index contributed by atoms with van der Waals surface area (Å²) >= 11 is 0. The van der Waals surface area contributed by atoms with Gasteiger partial charge >= 0.3 is 0 Å². The molecule has 0 aromatic carbocycles. The molecule has 0 radical (unpaired) electrons. The van der Waals surface area contributed by atoms with Crippen molar-refractivity contribution in [3.63, 3.8) is 0 Å². The van der Waals surface area contributed by atoms with Crippen LogP contribution in [0.4, 0.5) is 11.5 Å². The summed E-state index contributed by atoms with van der Waals surface area (Å²) in [4.78, 5) is 4.19. The van der Waals surface area contributed by atoms with Crippen molar-refractivity contribution in [2.24, 2.45) is 0 Å². The number of anilines is 2. The SMILES string of the molecule is Nc1ccnc2c1CCCN2. The van der Waals surface area contributed by atoms with Crippen LogP contribution in [0.25, 0.3) is 0 Å². The van der Waals surface area contributed by atoms with Crippen molar-refractivity contribution in [2.75, 3.05) is 17.6 Å². The molecule has 0 amide bonds. The molecule has 58 valence electrons. The smallest absolute Gasteiger partial charge is 0.131 e. The van der Waals surface area contributed by atoms with Crippen LogP contribution in [0, 0.1) is 0 Å². The molecule has 1 aromatic rings. The molecule has 0 fully saturated rings. The van der Waals surface area contributed by atoms with Gasteiger partial charge in [0.15, 0.2) is 0 Å². The Labute approximate surface area is 65.6 Å². The highest BCUT2D eigenvalue weighted by Gasteiger charge is 2.10. The third kappa shape index (κ3) is 1.02. The number of nitrogen functional groups attached to an aromatic ring is 1. The predicted molar refractivity (Wildman–Crippen MR) is 45.5 cm³/mol. The number of pyridine rings is 1. The maximum Gasteiger partial charge on any atom is 0.131 e. The zero-order valence-electron chi connectivity index (χ0n) is 6.30. The summed E-state index contributed by atoms with van der Waals surface area (Å²) < 4.78 is 0. The van der Waals surface area contributed by atoms with Gasteiger partial charge in [0.25, 0.3) is 0 Å². The van der Waals surface area contributed by atoms with E-state index in [1.807, 2.05) is 6.07 Å². The van der Waals surface area contributed by atoms with Crippen LogP contribution in [0.5, 0.6) is 0 Å². The minimum absolute atomic E-state index is 0.863. The lowest BCUT2D eigenvalue weighted by Crippen LogP contribution is -2.14. The summed E-state index contributed by atoms with van der Waals surface area (Å²) in [6, 6.07) is 1.85. The molecule has 1 aliphatic rings. The Kier molecular flexibility index (Phi) is 1.42. The van der Waals surface area contributed by atoms with E-state index >= 15 is 0 Å². The van der Waals surface area contributed by atoms with Crippen molar-refractivity contribution in [1.29, 1.82) is 0 Å². The van der Waals surface area contributed by atoms with Crippen LogP contribution in [0.15, 0.2) is 12.3 Å². The summed E-state index contributed by atoms with van der Waals surface area (Å²) in [6.45, 7) is 1.02. The summed E-state index contributed by atoms with van der Waals surface area (Å²) in [5, 5.41) is 3.21. The van der Waals surface area contributed by atoms with Gasteiger partial charge in [0.05, 0.1) is 0 Å². The molecule has 11 heavy (non-hydrogen) atoms. The van der Waals surface area contributed by atoms with E-state index < -0.39 is 0 Å². The van der Waals surface area contributed by atoms with Gasteiger partial charge in [0.1, 0.15) is 5.82 Å². The Morgan fingerprint density at radius 1 is 1.55 bits per heavy atom. The van der Waals surface area contributed by atoms with Crippen LogP contribution in [0.3, 0.4) is 0 Å². The van der Waals surface area contributed by atoms with E-state index in [-0.39, 0.29) is 0 Å². The molecule has 0 unspecified atom stereocenters. The van der Waals surface area contributed by atoms with Crippen LogP contribution in [0.1, 0.15) is 12.0 Å². The van der Waals surface area contributed by atoms with Crippen molar-refractivity contribution in [2.45, 2.75) is 12.8 Å². The van der Waals surface area contributed by atoms with Gasteiger partial charge < -0.3 is 11.1 Å². The van der Waals surface area contributed by atoms with E-state index in [9.17, 15) is 0 Å². The average molecular weight is 149 g/mol. The van der Waals surface area contributed by atoms with E-state index in [0.29, 0.717) is 0 Å². The van der Waals surface area contributed by atoms with Crippen LogP contribution in [-0.4, -0.2) is 11.5 Å². The van der Waals surface area contributed by atoms with E-state index in [1.165, 1.54) is 5.56 Å². The number of nitrogens with one attached hydrogen (secondary N) is 1. The highest BCUT2D eigenvalue weighted by molar-refractivity contribution is 5.60. The molecule has 0 saturated carbocycles. The molecule has 2 rings (SSSR count). The summed E-state index contributed by atoms with van der Waals surface area (Å²) in [6.07, 6.45) is 3.96. The maximum absolute atomic E-state index is 5.76. The van der Waals surface area contributed by atoms with Crippen molar-refractivity contribution in [3.05, 3.63) is 17.8 Å². The zero-order chi connectivity index (χ0) is 7.68. The fourth-order valence-electron chi connectivity index (χ4n) is 1.39. The lowest BCUT2D eigenvalue weighted by atomic mass is 10.1. The van der Waals surface area contributed by atoms with Crippen molar-refractivity contribution >= 4 is 11.5 Å². The highest BCUT2D eigenvalue weighted by atomic mass is 15.0. The standard InChI is InChI=1S/C8H11N3/c9-7-3-5-11-8-6(7)2-1-4-10-8/h3,5H,1-2,4H2,(H3,9,10,11). The first-order valence-corrected chi connectivity index (χ1v) is 3.85. The molecule has 1 aromatic heterocycles. The third-order valence-electron chi connectivity index (χ3n) is 1.99.